The van der Waals surface area contributed by atoms with E-state index in [1.54, 1.807) is 20.8 Å². The van der Waals surface area contributed by atoms with Crippen LogP contribution in [0.3, 0.4) is 0 Å². The Morgan fingerprint density at radius 1 is 1.50 bits per heavy atom. The molecule has 6 nitrogen and oxygen atoms in total. The molecule has 0 unspecified atom stereocenters. The smallest absolute Gasteiger partial charge is 0.413 e. The number of carbonyl (C=O) groups is 1. The number of morpholine rings is 1. The normalized spacial score (nSPS) is 19.0. The lowest BCUT2D eigenvalue weighted by Crippen LogP contribution is -2.42. The number of pyridine rings is 1. The summed E-state index contributed by atoms with van der Waals surface area (Å²) in [4.78, 5) is 17.7. The topological polar surface area (TPSA) is 63.7 Å². The molecule has 1 N–H and O–H groups in total. The van der Waals surface area contributed by atoms with Crippen LogP contribution < -0.4 is 10.2 Å². The molecule has 1 amide bonds. The van der Waals surface area contributed by atoms with Gasteiger partial charge >= 0.3 is 6.09 Å². The van der Waals surface area contributed by atoms with Crippen molar-refractivity contribution < 1.29 is 18.7 Å². The molecule has 0 spiro atoms. The maximum absolute atomic E-state index is 14.0. The van der Waals surface area contributed by atoms with Gasteiger partial charge in [-0.05, 0) is 39.8 Å². The maximum atomic E-state index is 14.0. The van der Waals surface area contributed by atoms with Crippen LogP contribution in [0.15, 0.2) is 12.1 Å². The second-order valence-electron chi connectivity index (χ2n) is 6.26. The van der Waals surface area contributed by atoms with Crippen molar-refractivity contribution in [2.45, 2.75) is 39.4 Å². The average molecular weight is 311 g/mol. The second kappa shape index (κ2) is 6.48. The van der Waals surface area contributed by atoms with Crippen LogP contribution in [0.5, 0.6) is 0 Å². The van der Waals surface area contributed by atoms with Crippen LogP contribution in [-0.4, -0.2) is 42.5 Å². The molecule has 0 radical (unpaired) electrons. The van der Waals surface area contributed by atoms with Gasteiger partial charge in [0.1, 0.15) is 11.4 Å². The number of hydrogen-bond acceptors (Lipinski definition) is 5. The summed E-state index contributed by atoms with van der Waals surface area (Å²) in [5.41, 5.74) is -0.605. The summed E-state index contributed by atoms with van der Waals surface area (Å²) >= 11 is 0. The van der Waals surface area contributed by atoms with Crippen molar-refractivity contribution in [2.75, 3.05) is 29.9 Å². The third kappa shape index (κ3) is 4.56. The fraction of sp³-hybridized carbons (Fsp3) is 0.600. The van der Waals surface area contributed by atoms with Crippen LogP contribution in [0.1, 0.15) is 27.7 Å². The number of carbonyl (C=O) groups excluding carboxylic acids is 1. The Bertz CT molecular complexity index is 545. The molecule has 1 aliphatic rings. The van der Waals surface area contributed by atoms with Crippen LogP contribution in [0.4, 0.5) is 20.8 Å². The summed E-state index contributed by atoms with van der Waals surface area (Å²) in [5, 5.41) is 2.52. The van der Waals surface area contributed by atoms with Crippen LogP contribution >= 0.6 is 0 Å². The second-order valence-corrected chi connectivity index (χ2v) is 6.26. The first-order valence-corrected chi connectivity index (χ1v) is 7.28. The number of amides is 1. The molecule has 0 bridgehead atoms. The van der Waals surface area contributed by atoms with Gasteiger partial charge in [0.15, 0.2) is 11.6 Å². The highest BCUT2D eigenvalue weighted by Gasteiger charge is 2.22. The van der Waals surface area contributed by atoms with Gasteiger partial charge in [0.25, 0.3) is 0 Å². The number of nitrogens with one attached hydrogen (secondary N) is 1. The van der Waals surface area contributed by atoms with Crippen LogP contribution in [0.2, 0.25) is 0 Å². The first-order chi connectivity index (χ1) is 10.2. The Balaban J connectivity index is 2.11. The third-order valence-electron chi connectivity index (χ3n) is 3.00. The number of halogens is 1. The number of hydrogen-bond donors (Lipinski definition) is 1. The van der Waals surface area contributed by atoms with E-state index in [0.29, 0.717) is 19.7 Å². The van der Waals surface area contributed by atoms with E-state index >= 15 is 0 Å². The van der Waals surface area contributed by atoms with Gasteiger partial charge in [-0.3, -0.25) is 5.32 Å². The largest absolute Gasteiger partial charge is 0.444 e. The van der Waals surface area contributed by atoms with E-state index in [4.69, 9.17) is 9.47 Å². The van der Waals surface area contributed by atoms with E-state index in [1.165, 1.54) is 12.1 Å². The first-order valence-electron chi connectivity index (χ1n) is 7.28. The Hall–Kier alpha value is -1.89. The Morgan fingerprint density at radius 3 is 2.86 bits per heavy atom. The highest BCUT2D eigenvalue weighted by Crippen LogP contribution is 2.22. The molecular weight excluding hydrogens is 289 g/mol. The zero-order valence-electron chi connectivity index (χ0n) is 13.4. The van der Waals surface area contributed by atoms with Gasteiger partial charge < -0.3 is 14.4 Å². The molecule has 7 heteroatoms. The molecule has 0 aromatic carbocycles. The minimum atomic E-state index is -0.618. The fourth-order valence-electron chi connectivity index (χ4n) is 2.14. The monoisotopic (exact) mass is 311 g/mol. The van der Waals surface area contributed by atoms with Gasteiger partial charge in [-0.15, -0.1) is 0 Å². The Labute approximate surface area is 129 Å². The van der Waals surface area contributed by atoms with Crippen molar-refractivity contribution >= 4 is 17.7 Å². The van der Waals surface area contributed by atoms with E-state index in [0.717, 1.165) is 0 Å². The van der Waals surface area contributed by atoms with Crippen molar-refractivity contribution in [3.63, 3.8) is 0 Å². The first kappa shape index (κ1) is 16.5. The van der Waals surface area contributed by atoms with E-state index in [-0.39, 0.29) is 17.7 Å². The minimum Gasteiger partial charge on any atom is -0.444 e. The van der Waals surface area contributed by atoms with Gasteiger partial charge in [-0.2, -0.15) is 0 Å². The molecule has 2 rings (SSSR count). The van der Waals surface area contributed by atoms with Crippen LogP contribution in [0, 0.1) is 5.82 Å². The number of anilines is 2. The van der Waals surface area contributed by atoms with Crippen molar-refractivity contribution in [1.29, 1.82) is 0 Å². The quantitative estimate of drug-likeness (QED) is 0.910. The average Bonchev–Trinajstić information content (AvgIpc) is 2.38. The summed E-state index contributed by atoms with van der Waals surface area (Å²) in [5.74, 6) is 0.0392. The SMILES string of the molecule is C[C@@H]1CN(c2nc(NC(=O)OC(C)(C)C)ccc2F)CCO1. The molecule has 0 saturated carbocycles. The molecular formula is C15H22FN3O3. The summed E-state index contributed by atoms with van der Waals surface area (Å²) in [6.07, 6.45) is -0.606. The Kier molecular flexibility index (Phi) is 4.85. The van der Waals surface area contributed by atoms with E-state index in [2.05, 4.69) is 10.3 Å². The molecule has 0 aliphatic carbocycles. The van der Waals surface area contributed by atoms with Crippen molar-refractivity contribution in [2.24, 2.45) is 0 Å². The van der Waals surface area contributed by atoms with Gasteiger partial charge in [-0.1, -0.05) is 0 Å². The van der Waals surface area contributed by atoms with E-state index < -0.39 is 17.5 Å². The summed E-state index contributed by atoms with van der Waals surface area (Å²) < 4.78 is 24.6. The molecule has 1 aromatic heterocycles. The van der Waals surface area contributed by atoms with Crippen LogP contribution in [-0.2, 0) is 9.47 Å². The van der Waals surface area contributed by atoms with Crippen molar-refractivity contribution in [1.82, 2.24) is 4.98 Å². The molecule has 2 heterocycles. The molecule has 22 heavy (non-hydrogen) atoms. The lowest BCUT2D eigenvalue weighted by Gasteiger charge is -2.32. The number of ether oxygens (including phenoxy) is 2. The number of aromatic nitrogens is 1. The number of nitrogens with zero attached hydrogens (tertiary/aromatic N) is 2. The molecule has 1 saturated heterocycles. The fourth-order valence-corrected chi connectivity index (χ4v) is 2.14. The summed E-state index contributed by atoms with van der Waals surface area (Å²) in [7, 11) is 0. The molecule has 1 aliphatic heterocycles. The van der Waals surface area contributed by atoms with Gasteiger partial charge in [0.2, 0.25) is 0 Å². The summed E-state index contributed by atoms with van der Waals surface area (Å²) in [6.45, 7) is 8.87. The van der Waals surface area contributed by atoms with Crippen LogP contribution in [0.25, 0.3) is 0 Å². The van der Waals surface area contributed by atoms with E-state index in [1.807, 2.05) is 11.8 Å². The predicted molar refractivity (Wildman–Crippen MR) is 81.7 cm³/mol. The summed E-state index contributed by atoms with van der Waals surface area (Å²) in [6, 6.07) is 2.70. The van der Waals surface area contributed by atoms with Gasteiger partial charge in [0, 0.05) is 13.1 Å². The van der Waals surface area contributed by atoms with E-state index in [9.17, 15) is 9.18 Å². The molecule has 1 fully saturated rings. The maximum Gasteiger partial charge on any atom is 0.413 e. The third-order valence-corrected chi connectivity index (χ3v) is 3.00. The molecule has 122 valence electrons. The van der Waals surface area contributed by atoms with Gasteiger partial charge in [-0.25, -0.2) is 14.2 Å². The standard InChI is InChI=1S/C15H22FN3O3/c1-10-9-19(7-8-21-10)13-11(16)5-6-12(17-13)18-14(20)22-15(2,3)4/h5-6,10H,7-9H2,1-4H3,(H,17,18,20)/t10-/m1/s1. The van der Waals surface area contributed by atoms with Crippen molar-refractivity contribution in [3.8, 4) is 0 Å². The minimum absolute atomic E-state index is 0.0115. The highest BCUT2D eigenvalue weighted by atomic mass is 19.1. The zero-order valence-corrected chi connectivity index (χ0v) is 13.4. The molecule has 1 atom stereocenters. The van der Waals surface area contributed by atoms with Gasteiger partial charge in [0.05, 0.1) is 12.7 Å². The highest BCUT2D eigenvalue weighted by molar-refractivity contribution is 5.83. The Morgan fingerprint density at radius 2 is 2.23 bits per heavy atom. The van der Waals surface area contributed by atoms with Crippen molar-refractivity contribution in [3.05, 3.63) is 17.9 Å². The molecule has 1 aromatic rings. The number of rotatable bonds is 2. The lowest BCUT2D eigenvalue weighted by molar-refractivity contribution is 0.0526. The lowest BCUT2D eigenvalue weighted by atomic mass is 10.2. The predicted octanol–water partition coefficient (Wildman–Crippen LogP) is 2.79. The zero-order chi connectivity index (χ0) is 16.3.